The maximum absolute atomic E-state index is 12.6. The van der Waals surface area contributed by atoms with Gasteiger partial charge in [-0.3, -0.25) is 0 Å². The van der Waals surface area contributed by atoms with E-state index in [0.717, 1.165) is 25.2 Å². The van der Waals surface area contributed by atoms with Gasteiger partial charge < -0.3 is 20.3 Å². The van der Waals surface area contributed by atoms with E-state index in [1.807, 2.05) is 19.9 Å². The standard InChI is InChI=1S/C18H28F2N4O.HI/c1-4-21-18(23-12-15-6-5-9-24(15)3)22-11-14-10-13(2)7-8-16(14)25-17(19)20;/h7-8,10,15,17H,4-6,9,11-12H2,1-3H3,(H2,21,22,23);1H. The number of ether oxygens (including phenoxy) is 1. The second-order valence-corrected chi connectivity index (χ2v) is 6.34. The zero-order valence-corrected chi connectivity index (χ0v) is 17.9. The van der Waals surface area contributed by atoms with Crippen LogP contribution in [0.25, 0.3) is 0 Å². The van der Waals surface area contributed by atoms with Crippen LogP contribution in [-0.2, 0) is 6.54 Å². The van der Waals surface area contributed by atoms with Crippen molar-refractivity contribution in [3.05, 3.63) is 29.3 Å². The van der Waals surface area contributed by atoms with Crippen molar-refractivity contribution in [3.8, 4) is 5.75 Å². The van der Waals surface area contributed by atoms with Crippen molar-refractivity contribution >= 4 is 29.9 Å². The maximum Gasteiger partial charge on any atom is 0.387 e. The summed E-state index contributed by atoms with van der Waals surface area (Å²) in [6.45, 7) is 4.03. The van der Waals surface area contributed by atoms with E-state index in [1.54, 1.807) is 12.1 Å². The number of aryl methyl sites for hydroxylation is 1. The summed E-state index contributed by atoms with van der Waals surface area (Å²) in [5, 5.41) is 6.54. The third-order valence-electron chi connectivity index (χ3n) is 4.36. The largest absolute Gasteiger partial charge is 0.434 e. The molecule has 2 N–H and O–H groups in total. The molecule has 0 aromatic heterocycles. The van der Waals surface area contributed by atoms with Gasteiger partial charge >= 0.3 is 6.61 Å². The average Bonchev–Trinajstić information content (AvgIpc) is 2.97. The first-order chi connectivity index (χ1) is 12.0. The predicted molar refractivity (Wildman–Crippen MR) is 112 cm³/mol. The Bertz CT molecular complexity index is 586. The van der Waals surface area contributed by atoms with Crippen molar-refractivity contribution < 1.29 is 13.5 Å². The van der Waals surface area contributed by atoms with Crippen molar-refractivity contribution in [3.63, 3.8) is 0 Å². The van der Waals surface area contributed by atoms with Crippen LogP contribution in [0.15, 0.2) is 23.2 Å². The molecule has 0 bridgehead atoms. The SMILES string of the molecule is CCNC(=NCc1cc(C)ccc1OC(F)F)NCC1CCCN1C.I. The lowest BCUT2D eigenvalue weighted by atomic mass is 10.1. The highest BCUT2D eigenvalue weighted by Crippen LogP contribution is 2.23. The first-order valence-electron chi connectivity index (χ1n) is 8.76. The number of likely N-dealkylation sites (tertiary alicyclic amines) is 1. The van der Waals surface area contributed by atoms with Crippen LogP contribution < -0.4 is 15.4 Å². The van der Waals surface area contributed by atoms with Gasteiger partial charge in [0.15, 0.2) is 5.96 Å². The van der Waals surface area contributed by atoms with Gasteiger partial charge in [0.2, 0.25) is 0 Å². The summed E-state index contributed by atoms with van der Waals surface area (Å²) < 4.78 is 29.7. The van der Waals surface area contributed by atoms with E-state index in [2.05, 4.69) is 32.3 Å². The second kappa shape index (κ2) is 11.5. The topological polar surface area (TPSA) is 48.9 Å². The minimum atomic E-state index is -2.84. The van der Waals surface area contributed by atoms with Gasteiger partial charge in [0.25, 0.3) is 0 Å². The number of hydrogen-bond donors (Lipinski definition) is 2. The molecule has 0 saturated carbocycles. The lowest BCUT2D eigenvalue weighted by Crippen LogP contribution is -2.44. The molecule has 26 heavy (non-hydrogen) atoms. The minimum Gasteiger partial charge on any atom is -0.434 e. The maximum atomic E-state index is 12.6. The Kier molecular flexibility index (Phi) is 10.1. The first-order valence-corrected chi connectivity index (χ1v) is 8.76. The molecular weight excluding hydrogens is 453 g/mol. The Labute approximate surface area is 171 Å². The molecular formula is C18H29F2IN4O. The minimum absolute atomic E-state index is 0. The number of aliphatic imine (C=N–C) groups is 1. The molecule has 0 spiro atoms. The summed E-state index contributed by atoms with van der Waals surface area (Å²) in [6, 6.07) is 5.65. The lowest BCUT2D eigenvalue weighted by molar-refractivity contribution is -0.0504. The first kappa shape index (κ1) is 22.9. The summed E-state index contributed by atoms with van der Waals surface area (Å²) in [7, 11) is 2.13. The van der Waals surface area contributed by atoms with Gasteiger partial charge in [-0.1, -0.05) is 17.7 Å². The van der Waals surface area contributed by atoms with Crippen molar-refractivity contribution in [1.82, 2.24) is 15.5 Å². The van der Waals surface area contributed by atoms with Crippen molar-refractivity contribution in [2.75, 3.05) is 26.7 Å². The molecule has 1 fully saturated rings. The van der Waals surface area contributed by atoms with Gasteiger partial charge in [-0.05, 0) is 46.3 Å². The number of nitrogens with one attached hydrogen (secondary N) is 2. The molecule has 1 aliphatic rings. The molecule has 1 aromatic carbocycles. The Hall–Kier alpha value is -1.16. The summed E-state index contributed by atoms with van der Waals surface area (Å²) in [5.74, 6) is 0.864. The quantitative estimate of drug-likeness (QED) is 0.356. The molecule has 2 rings (SSSR count). The zero-order valence-electron chi connectivity index (χ0n) is 15.6. The fourth-order valence-corrected chi connectivity index (χ4v) is 3.00. The number of rotatable bonds is 7. The third-order valence-corrected chi connectivity index (χ3v) is 4.36. The third kappa shape index (κ3) is 7.22. The van der Waals surface area contributed by atoms with Crippen LogP contribution in [0.5, 0.6) is 5.75 Å². The van der Waals surface area contributed by atoms with Gasteiger partial charge in [0, 0.05) is 24.7 Å². The monoisotopic (exact) mass is 482 g/mol. The molecule has 1 atom stereocenters. The van der Waals surface area contributed by atoms with Gasteiger partial charge in [0.1, 0.15) is 5.75 Å². The van der Waals surface area contributed by atoms with Crippen LogP contribution in [0.2, 0.25) is 0 Å². The number of guanidine groups is 1. The Morgan fingerprint density at radius 3 is 2.77 bits per heavy atom. The molecule has 5 nitrogen and oxygen atoms in total. The van der Waals surface area contributed by atoms with Crippen LogP contribution >= 0.6 is 24.0 Å². The van der Waals surface area contributed by atoms with E-state index in [9.17, 15) is 8.78 Å². The molecule has 0 aliphatic carbocycles. The molecule has 1 aromatic rings. The lowest BCUT2D eigenvalue weighted by Gasteiger charge is -2.21. The summed E-state index contributed by atoms with van der Waals surface area (Å²) >= 11 is 0. The smallest absolute Gasteiger partial charge is 0.387 e. The van der Waals surface area contributed by atoms with Crippen LogP contribution in [0.1, 0.15) is 30.9 Å². The normalized spacial score (nSPS) is 17.9. The molecule has 0 amide bonds. The van der Waals surface area contributed by atoms with E-state index in [1.165, 1.54) is 12.8 Å². The summed E-state index contributed by atoms with van der Waals surface area (Å²) in [4.78, 5) is 6.87. The molecule has 8 heteroatoms. The highest BCUT2D eigenvalue weighted by atomic mass is 127. The number of hydrogen-bond acceptors (Lipinski definition) is 3. The van der Waals surface area contributed by atoms with Crippen molar-refractivity contribution in [2.24, 2.45) is 4.99 Å². The molecule has 1 saturated heterocycles. The Morgan fingerprint density at radius 2 is 2.15 bits per heavy atom. The van der Waals surface area contributed by atoms with Gasteiger partial charge in [0.05, 0.1) is 6.54 Å². The van der Waals surface area contributed by atoms with Crippen LogP contribution in [0, 0.1) is 6.92 Å². The van der Waals surface area contributed by atoms with E-state index in [-0.39, 0.29) is 36.3 Å². The number of benzene rings is 1. The van der Waals surface area contributed by atoms with E-state index in [0.29, 0.717) is 17.6 Å². The predicted octanol–water partition coefficient (Wildman–Crippen LogP) is 3.36. The fourth-order valence-electron chi connectivity index (χ4n) is 3.00. The van der Waals surface area contributed by atoms with Gasteiger partial charge in [-0.15, -0.1) is 24.0 Å². The number of halogens is 3. The average molecular weight is 482 g/mol. The van der Waals surface area contributed by atoms with E-state index in [4.69, 9.17) is 0 Å². The number of nitrogens with zero attached hydrogens (tertiary/aromatic N) is 2. The number of likely N-dealkylation sites (N-methyl/N-ethyl adjacent to an activating group) is 1. The van der Waals surface area contributed by atoms with Crippen molar-refractivity contribution in [2.45, 2.75) is 45.9 Å². The van der Waals surface area contributed by atoms with Crippen LogP contribution in [-0.4, -0.2) is 50.2 Å². The fraction of sp³-hybridized carbons (Fsp3) is 0.611. The van der Waals surface area contributed by atoms with E-state index < -0.39 is 6.61 Å². The van der Waals surface area contributed by atoms with Gasteiger partial charge in [-0.25, -0.2) is 4.99 Å². The molecule has 1 aliphatic heterocycles. The molecule has 1 unspecified atom stereocenters. The van der Waals surface area contributed by atoms with Gasteiger partial charge in [-0.2, -0.15) is 8.78 Å². The highest BCUT2D eigenvalue weighted by molar-refractivity contribution is 14.0. The molecule has 148 valence electrons. The molecule has 0 radical (unpaired) electrons. The Balaban J connectivity index is 0.00000338. The molecule has 1 heterocycles. The van der Waals surface area contributed by atoms with Crippen LogP contribution in [0.3, 0.4) is 0 Å². The number of alkyl halides is 2. The zero-order chi connectivity index (χ0) is 18.2. The van der Waals surface area contributed by atoms with Crippen LogP contribution in [0.4, 0.5) is 8.78 Å². The van der Waals surface area contributed by atoms with Crippen molar-refractivity contribution in [1.29, 1.82) is 0 Å². The summed E-state index contributed by atoms with van der Waals surface area (Å²) in [6.07, 6.45) is 2.39. The second-order valence-electron chi connectivity index (χ2n) is 6.34. The summed E-state index contributed by atoms with van der Waals surface area (Å²) in [5.41, 5.74) is 1.63. The van der Waals surface area contributed by atoms with E-state index >= 15 is 0 Å². The highest BCUT2D eigenvalue weighted by Gasteiger charge is 2.20. The Morgan fingerprint density at radius 1 is 1.38 bits per heavy atom.